The van der Waals surface area contributed by atoms with Gasteiger partial charge >= 0.3 is 5.97 Å². The minimum atomic E-state index is -0.861. The van der Waals surface area contributed by atoms with Gasteiger partial charge in [-0.15, -0.1) is 0 Å². The molecule has 1 aliphatic carbocycles. The Balaban J connectivity index is 1.68. The van der Waals surface area contributed by atoms with Crippen molar-refractivity contribution >= 4 is 11.9 Å². The summed E-state index contributed by atoms with van der Waals surface area (Å²) in [6.45, 7) is 4.29. The van der Waals surface area contributed by atoms with Gasteiger partial charge in [0.15, 0.2) is 0 Å². The van der Waals surface area contributed by atoms with Gasteiger partial charge in [0.05, 0.1) is 5.69 Å². The molecule has 1 saturated carbocycles. The summed E-state index contributed by atoms with van der Waals surface area (Å²) in [6.07, 6.45) is 3.92. The zero-order valence-electron chi connectivity index (χ0n) is 13.0. The summed E-state index contributed by atoms with van der Waals surface area (Å²) in [6, 6.07) is -0.635. The lowest BCUT2D eigenvalue weighted by atomic mass is 9.94. The lowest BCUT2D eigenvalue weighted by Gasteiger charge is -2.24. The smallest absolute Gasteiger partial charge is 0.326 e. The van der Waals surface area contributed by atoms with E-state index in [2.05, 4.69) is 5.16 Å². The van der Waals surface area contributed by atoms with E-state index in [1.807, 2.05) is 13.8 Å². The van der Waals surface area contributed by atoms with Gasteiger partial charge in [0, 0.05) is 18.5 Å². The molecule has 6 nitrogen and oxygen atoms in total. The molecule has 3 atom stereocenters. The van der Waals surface area contributed by atoms with Crippen LogP contribution in [0, 0.1) is 25.7 Å². The van der Waals surface area contributed by atoms with E-state index < -0.39 is 12.0 Å². The van der Waals surface area contributed by atoms with Crippen molar-refractivity contribution in [1.29, 1.82) is 0 Å². The molecule has 0 bridgehead atoms. The number of carbonyl (C=O) groups excluding carboxylic acids is 1. The number of aliphatic carboxylic acids is 1. The van der Waals surface area contributed by atoms with Crippen LogP contribution in [0.2, 0.25) is 0 Å². The van der Waals surface area contributed by atoms with Crippen molar-refractivity contribution in [3.63, 3.8) is 0 Å². The topological polar surface area (TPSA) is 83.6 Å². The molecule has 0 spiro atoms. The van der Waals surface area contributed by atoms with Crippen molar-refractivity contribution in [2.45, 2.75) is 52.0 Å². The molecule has 0 aromatic carbocycles. The first-order chi connectivity index (χ1) is 10.5. The largest absolute Gasteiger partial charge is 0.480 e. The average Bonchev–Trinajstić information content (AvgIpc) is 3.11. The maximum Gasteiger partial charge on any atom is 0.326 e. The zero-order chi connectivity index (χ0) is 15.9. The van der Waals surface area contributed by atoms with E-state index in [4.69, 9.17) is 4.52 Å². The number of nitrogens with zero attached hydrogens (tertiary/aromatic N) is 2. The molecule has 22 heavy (non-hydrogen) atoms. The molecule has 1 saturated heterocycles. The van der Waals surface area contributed by atoms with Crippen molar-refractivity contribution in [2.75, 3.05) is 6.54 Å². The molecule has 1 N–H and O–H groups in total. The van der Waals surface area contributed by atoms with Crippen molar-refractivity contribution in [3.05, 3.63) is 17.0 Å². The van der Waals surface area contributed by atoms with E-state index in [0.717, 1.165) is 36.3 Å². The van der Waals surface area contributed by atoms with E-state index in [9.17, 15) is 14.7 Å². The van der Waals surface area contributed by atoms with E-state index >= 15 is 0 Å². The highest BCUT2D eigenvalue weighted by Gasteiger charge is 2.49. The van der Waals surface area contributed by atoms with Gasteiger partial charge in [-0.05, 0) is 44.9 Å². The first kappa shape index (κ1) is 15.1. The molecule has 1 aromatic heterocycles. The van der Waals surface area contributed by atoms with Crippen molar-refractivity contribution in [1.82, 2.24) is 10.1 Å². The standard InChI is InChI=1S/C16H22N2O4/c1-9-12(10(2)22-17-9)6-7-14(19)18-8-11-4-3-5-13(11)15(18)16(20)21/h11,13,15H,3-8H2,1-2H3,(H,20,21). The average molecular weight is 306 g/mol. The molecule has 2 aliphatic rings. The Morgan fingerprint density at radius 3 is 2.77 bits per heavy atom. The van der Waals surface area contributed by atoms with Crippen LogP contribution in [0.3, 0.4) is 0 Å². The molecular formula is C16H22N2O4. The number of likely N-dealkylation sites (tertiary alicyclic amines) is 1. The van der Waals surface area contributed by atoms with Crippen LogP contribution in [-0.4, -0.2) is 39.6 Å². The van der Waals surface area contributed by atoms with Gasteiger partial charge in [-0.3, -0.25) is 4.79 Å². The SMILES string of the molecule is Cc1noc(C)c1CCC(=O)N1CC2CCCC2C1C(=O)O. The number of rotatable bonds is 4. The van der Waals surface area contributed by atoms with Gasteiger partial charge in [0.1, 0.15) is 11.8 Å². The molecule has 3 rings (SSSR count). The van der Waals surface area contributed by atoms with Crippen LogP contribution in [0.4, 0.5) is 0 Å². The summed E-state index contributed by atoms with van der Waals surface area (Å²) in [7, 11) is 0. The van der Waals surface area contributed by atoms with Gasteiger partial charge in [-0.1, -0.05) is 11.6 Å². The van der Waals surface area contributed by atoms with Crippen molar-refractivity contribution < 1.29 is 19.2 Å². The summed E-state index contributed by atoms with van der Waals surface area (Å²) in [5, 5.41) is 13.4. The highest BCUT2D eigenvalue weighted by molar-refractivity contribution is 5.85. The third-order valence-electron chi connectivity index (χ3n) is 5.23. The molecule has 1 aromatic rings. The molecule has 2 fully saturated rings. The number of carboxylic acid groups (broad SMARTS) is 1. The Morgan fingerprint density at radius 1 is 1.36 bits per heavy atom. The minimum Gasteiger partial charge on any atom is -0.480 e. The second-order valence-electron chi connectivity index (χ2n) is 6.49. The summed E-state index contributed by atoms with van der Waals surface area (Å²) in [4.78, 5) is 25.7. The third-order valence-corrected chi connectivity index (χ3v) is 5.23. The Kier molecular flexibility index (Phi) is 3.93. The molecule has 120 valence electrons. The molecule has 0 radical (unpaired) electrons. The van der Waals surface area contributed by atoms with Gasteiger partial charge in [-0.25, -0.2) is 4.79 Å². The lowest BCUT2D eigenvalue weighted by molar-refractivity contribution is -0.149. The fraction of sp³-hybridized carbons (Fsp3) is 0.688. The summed E-state index contributed by atoms with van der Waals surface area (Å²) < 4.78 is 5.10. The third kappa shape index (κ3) is 2.51. The maximum absolute atomic E-state index is 12.5. The predicted octanol–water partition coefficient (Wildman–Crippen LogP) is 1.94. The van der Waals surface area contributed by atoms with Crippen LogP contribution >= 0.6 is 0 Å². The number of aromatic nitrogens is 1. The fourth-order valence-electron chi connectivity index (χ4n) is 4.11. The van der Waals surface area contributed by atoms with Crippen LogP contribution < -0.4 is 0 Å². The predicted molar refractivity (Wildman–Crippen MR) is 78.3 cm³/mol. The Labute approximate surface area is 129 Å². The highest BCUT2D eigenvalue weighted by Crippen LogP contribution is 2.42. The molecular weight excluding hydrogens is 284 g/mol. The number of hydrogen-bond donors (Lipinski definition) is 1. The van der Waals surface area contributed by atoms with E-state index in [0.29, 0.717) is 25.3 Å². The van der Waals surface area contributed by atoms with Gasteiger partial charge in [0.2, 0.25) is 5.91 Å². The Hall–Kier alpha value is -1.85. The van der Waals surface area contributed by atoms with E-state index in [1.165, 1.54) is 0 Å². The van der Waals surface area contributed by atoms with Crippen LogP contribution in [0.15, 0.2) is 4.52 Å². The second kappa shape index (κ2) is 5.74. The monoisotopic (exact) mass is 306 g/mol. The molecule has 3 unspecified atom stereocenters. The zero-order valence-corrected chi connectivity index (χ0v) is 13.0. The summed E-state index contributed by atoms with van der Waals surface area (Å²) in [5.74, 6) is 0.310. The number of carbonyl (C=O) groups is 2. The van der Waals surface area contributed by atoms with Crippen LogP contribution in [0.1, 0.15) is 42.7 Å². The Bertz CT molecular complexity index is 575. The van der Waals surface area contributed by atoms with Gasteiger partial charge in [0.25, 0.3) is 0 Å². The van der Waals surface area contributed by atoms with Crippen LogP contribution in [0.5, 0.6) is 0 Å². The second-order valence-corrected chi connectivity index (χ2v) is 6.49. The van der Waals surface area contributed by atoms with Crippen molar-refractivity contribution in [3.8, 4) is 0 Å². The summed E-state index contributed by atoms with van der Waals surface area (Å²) >= 11 is 0. The molecule has 2 heterocycles. The van der Waals surface area contributed by atoms with Gasteiger partial charge < -0.3 is 14.5 Å². The summed E-state index contributed by atoms with van der Waals surface area (Å²) in [5.41, 5.74) is 1.76. The first-order valence-electron chi connectivity index (χ1n) is 7.93. The number of amides is 1. The maximum atomic E-state index is 12.5. The quantitative estimate of drug-likeness (QED) is 0.919. The minimum absolute atomic E-state index is 0.0678. The number of fused-ring (bicyclic) bond motifs is 1. The number of carboxylic acids is 1. The molecule has 6 heteroatoms. The van der Waals surface area contributed by atoms with Crippen molar-refractivity contribution in [2.24, 2.45) is 11.8 Å². The normalized spacial score (nSPS) is 27.2. The van der Waals surface area contributed by atoms with Gasteiger partial charge in [-0.2, -0.15) is 0 Å². The van der Waals surface area contributed by atoms with Crippen LogP contribution in [-0.2, 0) is 16.0 Å². The highest BCUT2D eigenvalue weighted by atomic mass is 16.5. The Morgan fingerprint density at radius 2 is 2.14 bits per heavy atom. The number of hydrogen-bond acceptors (Lipinski definition) is 4. The van der Waals surface area contributed by atoms with E-state index in [-0.39, 0.29) is 11.8 Å². The van der Waals surface area contributed by atoms with Crippen LogP contribution in [0.25, 0.3) is 0 Å². The van der Waals surface area contributed by atoms with E-state index in [1.54, 1.807) is 4.90 Å². The number of aryl methyl sites for hydroxylation is 2. The fourth-order valence-corrected chi connectivity index (χ4v) is 4.11. The molecule has 1 aliphatic heterocycles. The first-order valence-corrected chi connectivity index (χ1v) is 7.93. The lowest BCUT2D eigenvalue weighted by Crippen LogP contribution is -2.43. The molecule has 1 amide bonds.